The monoisotopic (exact) mass is 501 g/mol. The number of ether oxygens (including phenoxy) is 1. The highest BCUT2D eigenvalue weighted by Crippen LogP contribution is 2.11. The molecule has 10 heteroatoms. The second-order valence-electron chi connectivity index (χ2n) is 6.10. The lowest BCUT2D eigenvalue weighted by molar-refractivity contribution is -0.127. The molecule has 2 rings (SSSR count). The first-order valence-electron chi connectivity index (χ1n) is 8.78. The third-order valence-corrected chi connectivity index (χ3v) is 3.81. The summed E-state index contributed by atoms with van der Waals surface area (Å²) in [6.07, 6.45) is 4.34. The topological polar surface area (TPSA) is 96.7 Å². The van der Waals surface area contributed by atoms with Gasteiger partial charge in [0, 0.05) is 33.4 Å². The summed E-state index contributed by atoms with van der Waals surface area (Å²) in [5, 5.41) is 14.0. The largest absolute Gasteiger partial charge is 0.497 e. The average molecular weight is 501 g/mol. The highest BCUT2D eigenvalue weighted by atomic mass is 127. The molecule has 0 aliphatic heterocycles. The predicted octanol–water partition coefficient (Wildman–Crippen LogP) is 1.12. The Bertz CT molecular complexity index is 718. The summed E-state index contributed by atoms with van der Waals surface area (Å²) in [4.78, 5) is 17.9. The Hall–Kier alpha value is -2.37. The number of carbonyl (C=O) groups excluding carboxylic acids is 1. The van der Waals surface area contributed by atoms with Crippen LogP contribution in [0.25, 0.3) is 0 Å². The number of hydrogen-bond acceptors (Lipinski definition) is 5. The van der Waals surface area contributed by atoms with Gasteiger partial charge in [0.25, 0.3) is 0 Å². The molecule has 0 aliphatic carbocycles. The van der Waals surface area contributed by atoms with Crippen molar-refractivity contribution in [3.8, 4) is 5.75 Å². The maximum Gasteiger partial charge on any atom is 0.241 e. The van der Waals surface area contributed by atoms with Crippen LogP contribution in [0.2, 0.25) is 0 Å². The van der Waals surface area contributed by atoms with Crippen LogP contribution < -0.4 is 15.4 Å². The number of aromatic nitrogens is 3. The van der Waals surface area contributed by atoms with Gasteiger partial charge >= 0.3 is 0 Å². The van der Waals surface area contributed by atoms with E-state index in [2.05, 4.69) is 25.9 Å². The predicted molar refractivity (Wildman–Crippen MR) is 119 cm³/mol. The van der Waals surface area contributed by atoms with Crippen LogP contribution in [0.3, 0.4) is 0 Å². The summed E-state index contributed by atoms with van der Waals surface area (Å²) in [6, 6.07) is 7.74. The molecule has 2 aromatic rings. The van der Waals surface area contributed by atoms with Gasteiger partial charge in [-0.3, -0.25) is 9.48 Å². The van der Waals surface area contributed by atoms with Gasteiger partial charge in [0.2, 0.25) is 5.91 Å². The summed E-state index contributed by atoms with van der Waals surface area (Å²) in [6.45, 7) is 2.14. The molecular formula is C18H28IN7O2. The fraction of sp³-hybridized carbons (Fsp3) is 0.444. The number of benzene rings is 1. The Morgan fingerprint density at radius 2 is 2.00 bits per heavy atom. The zero-order chi connectivity index (χ0) is 19.5. The molecule has 0 spiro atoms. The lowest BCUT2D eigenvalue weighted by atomic mass is 10.2. The Morgan fingerprint density at radius 3 is 2.61 bits per heavy atom. The molecule has 0 radical (unpaired) electrons. The van der Waals surface area contributed by atoms with Gasteiger partial charge < -0.3 is 20.3 Å². The van der Waals surface area contributed by atoms with Crippen molar-refractivity contribution in [2.45, 2.75) is 19.5 Å². The number of halogens is 1. The molecule has 0 atom stereocenters. The quantitative estimate of drug-likeness (QED) is 0.232. The molecule has 1 amide bonds. The van der Waals surface area contributed by atoms with Gasteiger partial charge in [-0.15, -0.1) is 29.1 Å². The number of nitrogens with one attached hydrogen (secondary N) is 2. The first-order chi connectivity index (χ1) is 13.1. The van der Waals surface area contributed by atoms with Crippen molar-refractivity contribution >= 4 is 35.8 Å². The van der Waals surface area contributed by atoms with E-state index in [-0.39, 0.29) is 36.4 Å². The maximum atomic E-state index is 11.8. The number of aryl methyl sites for hydroxylation is 1. The van der Waals surface area contributed by atoms with Crippen LogP contribution in [0.1, 0.15) is 12.0 Å². The van der Waals surface area contributed by atoms with Crippen LogP contribution in [0.15, 0.2) is 41.7 Å². The third-order valence-electron chi connectivity index (χ3n) is 3.81. The number of guanidine groups is 1. The molecule has 1 aromatic heterocycles. The molecule has 0 saturated carbocycles. The van der Waals surface area contributed by atoms with Gasteiger partial charge in [-0.1, -0.05) is 17.3 Å². The van der Waals surface area contributed by atoms with E-state index >= 15 is 0 Å². The van der Waals surface area contributed by atoms with Crippen LogP contribution in [0, 0.1) is 0 Å². The van der Waals surface area contributed by atoms with E-state index in [0.717, 1.165) is 24.3 Å². The zero-order valence-electron chi connectivity index (χ0n) is 16.5. The fourth-order valence-electron chi connectivity index (χ4n) is 2.19. The summed E-state index contributed by atoms with van der Waals surface area (Å²) < 4.78 is 6.94. The lowest BCUT2D eigenvalue weighted by Crippen LogP contribution is -2.43. The van der Waals surface area contributed by atoms with Crippen molar-refractivity contribution in [2.75, 3.05) is 34.3 Å². The van der Waals surface area contributed by atoms with Gasteiger partial charge in [-0.25, -0.2) is 4.99 Å². The van der Waals surface area contributed by atoms with E-state index in [0.29, 0.717) is 19.0 Å². The van der Waals surface area contributed by atoms with Crippen molar-refractivity contribution in [3.63, 3.8) is 0 Å². The Morgan fingerprint density at radius 1 is 1.25 bits per heavy atom. The van der Waals surface area contributed by atoms with Gasteiger partial charge in [0.15, 0.2) is 5.96 Å². The van der Waals surface area contributed by atoms with Crippen LogP contribution >= 0.6 is 24.0 Å². The average Bonchev–Trinajstić information content (AvgIpc) is 3.20. The number of hydrogen-bond donors (Lipinski definition) is 2. The molecular weight excluding hydrogens is 473 g/mol. The SMILES string of the molecule is COc1ccc(CN=C(NCCCn2ccnn2)NCC(=O)N(C)C)cc1.I. The fourth-order valence-corrected chi connectivity index (χ4v) is 2.19. The number of amides is 1. The number of rotatable bonds is 9. The van der Waals surface area contributed by atoms with Crippen LogP contribution in [-0.2, 0) is 17.9 Å². The Labute approximate surface area is 182 Å². The van der Waals surface area contributed by atoms with Crippen LogP contribution in [-0.4, -0.2) is 66.1 Å². The van der Waals surface area contributed by atoms with Gasteiger partial charge in [-0.05, 0) is 24.1 Å². The van der Waals surface area contributed by atoms with E-state index in [1.807, 2.05) is 30.5 Å². The highest BCUT2D eigenvalue weighted by molar-refractivity contribution is 14.0. The second kappa shape index (κ2) is 12.9. The number of nitrogens with zero attached hydrogens (tertiary/aromatic N) is 5. The number of likely N-dealkylation sites (N-methyl/N-ethyl adjacent to an activating group) is 1. The zero-order valence-corrected chi connectivity index (χ0v) is 18.8. The summed E-state index contributed by atoms with van der Waals surface area (Å²) in [5.74, 6) is 1.39. The van der Waals surface area contributed by atoms with E-state index in [9.17, 15) is 4.79 Å². The van der Waals surface area contributed by atoms with Gasteiger partial charge in [-0.2, -0.15) is 0 Å². The van der Waals surface area contributed by atoms with E-state index < -0.39 is 0 Å². The Balaban J connectivity index is 0.00000392. The lowest BCUT2D eigenvalue weighted by Gasteiger charge is -2.15. The molecule has 9 nitrogen and oxygen atoms in total. The van der Waals surface area contributed by atoms with E-state index in [4.69, 9.17) is 4.74 Å². The van der Waals surface area contributed by atoms with Crippen molar-refractivity contribution in [3.05, 3.63) is 42.2 Å². The van der Waals surface area contributed by atoms with Crippen molar-refractivity contribution in [1.29, 1.82) is 0 Å². The van der Waals surface area contributed by atoms with Crippen molar-refractivity contribution in [1.82, 2.24) is 30.5 Å². The van der Waals surface area contributed by atoms with E-state index in [1.165, 1.54) is 0 Å². The number of carbonyl (C=O) groups is 1. The van der Waals surface area contributed by atoms with Crippen LogP contribution in [0.4, 0.5) is 0 Å². The molecule has 1 heterocycles. The minimum atomic E-state index is -0.0171. The highest BCUT2D eigenvalue weighted by Gasteiger charge is 2.06. The minimum absolute atomic E-state index is 0. The smallest absolute Gasteiger partial charge is 0.241 e. The number of aliphatic imine (C=N–C) groups is 1. The summed E-state index contributed by atoms with van der Waals surface area (Å²) in [5.41, 5.74) is 1.05. The normalized spacial score (nSPS) is 10.8. The number of methoxy groups -OCH3 is 1. The molecule has 154 valence electrons. The summed E-state index contributed by atoms with van der Waals surface area (Å²) in [7, 11) is 5.09. The van der Waals surface area contributed by atoms with Crippen molar-refractivity contribution < 1.29 is 9.53 Å². The molecule has 0 unspecified atom stereocenters. The van der Waals surface area contributed by atoms with Crippen LogP contribution in [0.5, 0.6) is 5.75 Å². The minimum Gasteiger partial charge on any atom is -0.497 e. The molecule has 1 aromatic carbocycles. The first kappa shape index (κ1) is 23.7. The molecule has 0 bridgehead atoms. The third kappa shape index (κ3) is 8.55. The molecule has 2 N–H and O–H groups in total. The first-order valence-corrected chi connectivity index (χ1v) is 8.78. The summed E-state index contributed by atoms with van der Waals surface area (Å²) >= 11 is 0. The molecule has 0 fully saturated rings. The molecule has 0 aliphatic rings. The standard InChI is InChI=1S/C18H27N7O2.HI/c1-24(2)17(26)14-21-18(19-9-4-11-25-12-10-22-23-25)20-13-15-5-7-16(27-3)8-6-15;/h5-8,10,12H,4,9,11,13-14H2,1-3H3,(H2,19,20,21);1H. The maximum absolute atomic E-state index is 11.8. The second-order valence-corrected chi connectivity index (χ2v) is 6.10. The van der Waals surface area contributed by atoms with E-state index in [1.54, 1.807) is 37.0 Å². The molecule has 28 heavy (non-hydrogen) atoms. The molecule has 0 saturated heterocycles. The Kier molecular flexibility index (Phi) is 10.9. The van der Waals surface area contributed by atoms with Gasteiger partial charge in [0.05, 0.1) is 26.4 Å². The van der Waals surface area contributed by atoms with Crippen molar-refractivity contribution in [2.24, 2.45) is 4.99 Å². The van der Waals surface area contributed by atoms with Gasteiger partial charge in [0.1, 0.15) is 5.75 Å².